The van der Waals surface area contributed by atoms with Crippen molar-refractivity contribution in [2.45, 2.75) is 13.8 Å². The lowest BCUT2D eigenvalue weighted by atomic mass is 10.1. The first kappa shape index (κ1) is 19.7. The van der Waals surface area contributed by atoms with E-state index in [1.165, 1.54) is 13.2 Å². The summed E-state index contributed by atoms with van der Waals surface area (Å²) in [6.07, 6.45) is 0. The van der Waals surface area contributed by atoms with Gasteiger partial charge in [-0.05, 0) is 66.1 Å². The monoisotopic (exact) mass is 419 g/mol. The van der Waals surface area contributed by atoms with Gasteiger partial charge in [0.15, 0.2) is 0 Å². The van der Waals surface area contributed by atoms with Crippen LogP contribution in [0, 0.1) is 13.8 Å². The molecule has 0 radical (unpaired) electrons. The van der Waals surface area contributed by atoms with Crippen LogP contribution < -0.4 is 10.1 Å². The molecular formula is C23H21N3O3S. The summed E-state index contributed by atoms with van der Waals surface area (Å²) in [4.78, 5) is 11.9. The maximum atomic E-state index is 11.9. The average molecular weight is 420 g/mol. The van der Waals surface area contributed by atoms with Gasteiger partial charge >= 0.3 is 5.97 Å². The number of nitrogens with zero attached hydrogens (tertiary/aromatic N) is 2. The number of aryl methyl sites for hydroxylation is 2. The Labute approximate surface area is 178 Å². The first-order valence-corrected chi connectivity index (χ1v) is 10.3. The van der Waals surface area contributed by atoms with Crippen LogP contribution in [0.5, 0.6) is 5.75 Å². The van der Waals surface area contributed by atoms with E-state index in [-0.39, 0.29) is 5.56 Å². The average Bonchev–Trinajstić information content (AvgIpc) is 3.36. The van der Waals surface area contributed by atoms with E-state index in [4.69, 9.17) is 9.84 Å². The Kier molecular flexibility index (Phi) is 5.29. The molecule has 6 nitrogen and oxygen atoms in total. The van der Waals surface area contributed by atoms with Gasteiger partial charge in [-0.15, -0.1) is 0 Å². The molecule has 0 aliphatic heterocycles. The second-order valence-electron chi connectivity index (χ2n) is 6.86. The fraction of sp³-hybridized carbons (Fsp3) is 0.130. The SMILES string of the molecule is COc1ccc(Nc2c(-c3ccsc3)c(C)nn2-c2ccccc2C)c(C(=O)O)c1. The van der Waals surface area contributed by atoms with Crippen LogP contribution in [0.2, 0.25) is 0 Å². The molecule has 0 saturated carbocycles. The molecule has 30 heavy (non-hydrogen) atoms. The number of rotatable bonds is 6. The highest BCUT2D eigenvalue weighted by Gasteiger charge is 2.21. The van der Waals surface area contributed by atoms with Crippen LogP contribution in [-0.4, -0.2) is 28.0 Å². The van der Waals surface area contributed by atoms with Crippen molar-refractivity contribution in [2.24, 2.45) is 0 Å². The number of carboxylic acid groups (broad SMARTS) is 1. The van der Waals surface area contributed by atoms with E-state index in [0.29, 0.717) is 17.3 Å². The number of methoxy groups -OCH3 is 1. The van der Waals surface area contributed by atoms with Crippen LogP contribution in [0.15, 0.2) is 59.3 Å². The lowest BCUT2D eigenvalue weighted by molar-refractivity contribution is 0.0697. The van der Waals surface area contributed by atoms with Gasteiger partial charge in [0, 0.05) is 5.56 Å². The maximum Gasteiger partial charge on any atom is 0.337 e. The molecule has 0 spiro atoms. The molecule has 0 unspecified atom stereocenters. The third kappa shape index (κ3) is 3.55. The lowest BCUT2D eigenvalue weighted by Crippen LogP contribution is -2.08. The standard InChI is InChI=1S/C23H21N3O3S/c1-14-6-4-5-7-20(14)26-22(21(15(2)25-26)16-10-11-30-13-16)24-19-9-8-17(29-3)12-18(19)23(27)28/h4-13,24H,1-3H3,(H,27,28). The number of aromatic carboxylic acids is 1. The molecule has 0 fully saturated rings. The molecule has 0 aliphatic carbocycles. The first-order valence-electron chi connectivity index (χ1n) is 9.36. The molecular weight excluding hydrogens is 398 g/mol. The van der Waals surface area contributed by atoms with Crippen LogP contribution >= 0.6 is 11.3 Å². The van der Waals surface area contributed by atoms with Crippen molar-refractivity contribution >= 4 is 28.8 Å². The quantitative estimate of drug-likeness (QED) is 0.421. The van der Waals surface area contributed by atoms with Crippen molar-refractivity contribution in [1.29, 1.82) is 0 Å². The highest BCUT2D eigenvalue weighted by Crippen LogP contribution is 2.38. The Morgan fingerprint density at radius 2 is 1.97 bits per heavy atom. The number of para-hydroxylation sites is 1. The minimum Gasteiger partial charge on any atom is -0.497 e. The minimum absolute atomic E-state index is 0.126. The van der Waals surface area contributed by atoms with E-state index in [1.54, 1.807) is 23.5 Å². The van der Waals surface area contributed by atoms with Crippen LogP contribution in [0.1, 0.15) is 21.6 Å². The topological polar surface area (TPSA) is 76.4 Å². The molecule has 2 aromatic carbocycles. The predicted molar refractivity (Wildman–Crippen MR) is 120 cm³/mol. The van der Waals surface area contributed by atoms with Gasteiger partial charge in [0.2, 0.25) is 0 Å². The Bertz CT molecular complexity index is 1210. The zero-order valence-electron chi connectivity index (χ0n) is 16.8. The molecule has 0 saturated heterocycles. The number of thiophene rings is 1. The molecule has 0 bridgehead atoms. The smallest absolute Gasteiger partial charge is 0.337 e. The fourth-order valence-corrected chi connectivity index (χ4v) is 4.08. The van der Waals surface area contributed by atoms with E-state index >= 15 is 0 Å². The molecule has 4 aromatic rings. The highest BCUT2D eigenvalue weighted by atomic mass is 32.1. The van der Waals surface area contributed by atoms with E-state index in [1.807, 2.05) is 54.2 Å². The number of hydrogen-bond donors (Lipinski definition) is 2. The van der Waals surface area contributed by atoms with Gasteiger partial charge in [0.05, 0.1) is 29.7 Å². The largest absolute Gasteiger partial charge is 0.497 e. The van der Waals surface area contributed by atoms with Gasteiger partial charge in [-0.2, -0.15) is 16.4 Å². The number of anilines is 2. The van der Waals surface area contributed by atoms with Crippen molar-refractivity contribution in [3.05, 3.63) is 76.1 Å². The lowest BCUT2D eigenvalue weighted by Gasteiger charge is -2.15. The van der Waals surface area contributed by atoms with Gasteiger partial charge in [-0.25, -0.2) is 9.48 Å². The summed E-state index contributed by atoms with van der Waals surface area (Å²) >= 11 is 1.60. The number of aromatic nitrogens is 2. The third-order valence-corrected chi connectivity index (χ3v) is 5.61. The Balaban J connectivity index is 1.93. The fourth-order valence-electron chi connectivity index (χ4n) is 3.43. The highest BCUT2D eigenvalue weighted by molar-refractivity contribution is 7.08. The van der Waals surface area contributed by atoms with Crippen molar-refractivity contribution < 1.29 is 14.6 Å². The van der Waals surface area contributed by atoms with E-state index in [2.05, 4.69) is 10.7 Å². The number of carbonyl (C=O) groups is 1. The van der Waals surface area contributed by atoms with Gasteiger partial charge in [0.1, 0.15) is 11.6 Å². The zero-order chi connectivity index (χ0) is 21.3. The Morgan fingerprint density at radius 1 is 1.17 bits per heavy atom. The van der Waals surface area contributed by atoms with Crippen molar-refractivity contribution in [1.82, 2.24) is 9.78 Å². The first-order chi connectivity index (χ1) is 14.5. The third-order valence-electron chi connectivity index (χ3n) is 4.92. The van der Waals surface area contributed by atoms with Crippen LogP contribution in [0.4, 0.5) is 11.5 Å². The van der Waals surface area contributed by atoms with E-state index < -0.39 is 5.97 Å². The second-order valence-corrected chi connectivity index (χ2v) is 7.64. The maximum absolute atomic E-state index is 11.9. The molecule has 0 aliphatic rings. The van der Waals surface area contributed by atoms with Crippen molar-refractivity contribution in [3.8, 4) is 22.6 Å². The van der Waals surface area contributed by atoms with Gasteiger partial charge < -0.3 is 15.2 Å². The summed E-state index contributed by atoms with van der Waals surface area (Å²) in [6.45, 7) is 3.98. The molecule has 152 valence electrons. The molecule has 0 atom stereocenters. The number of benzene rings is 2. The van der Waals surface area contributed by atoms with Crippen LogP contribution in [0.3, 0.4) is 0 Å². The van der Waals surface area contributed by atoms with Crippen LogP contribution in [0.25, 0.3) is 16.8 Å². The Hall–Kier alpha value is -3.58. The summed E-state index contributed by atoms with van der Waals surface area (Å²) < 4.78 is 7.04. The molecule has 2 aromatic heterocycles. The number of hydrogen-bond acceptors (Lipinski definition) is 5. The van der Waals surface area contributed by atoms with Crippen molar-refractivity contribution in [3.63, 3.8) is 0 Å². The molecule has 0 amide bonds. The number of nitrogens with one attached hydrogen (secondary N) is 1. The molecule has 2 N–H and O–H groups in total. The van der Waals surface area contributed by atoms with Crippen molar-refractivity contribution in [2.75, 3.05) is 12.4 Å². The number of carboxylic acids is 1. The Morgan fingerprint density at radius 3 is 2.63 bits per heavy atom. The normalized spacial score (nSPS) is 10.8. The zero-order valence-corrected chi connectivity index (χ0v) is 17.7. The van der Waals surface area contributed by atoms with Gasteiger partial charge in [-0.1, -0.05) is 18.2 Å². The second kappa shape index (κ2) is 8.04. The number of ether oxygens (including phenoxy) is 1. The van der Waals surface area contributed by atoms with E-state index in [0.717, 1.165) is 28.1 Å². The predicted octanol–water partition coefficient (Wildman–Crippen LogP) is 5.67. The summed E-state index contributed by atoms with van der Waals surface area (Å²) in [6, 6.07) is 15.0. The summed E-state index contributed by atoms with van der Waals surface area (Å²) in [5, 5.41) is 21.9. The summed E-state index contributed by atoms with van der Waals surface area (Å²) in [5.41, 5.74) is 5.40. The van der Waals surface area contributed by atoms with Gasteiger partial charge in [0.25, 0.3) is 0 Å². The summed E-state index contributed by atoms with van der Waals surface area (Å²) in [5.74, 6) is 0.166. The minimum atomic E-state index is -1.04. The van der Waals surface area contributed by atoms with Gasteiger partial charge in [-0.3, -0.25) is 0 Å². The molecule has 7 heteroatoms. The molecule has 2 heterocycles. The van der Waals surface area contributed by atoms with E-state index in [9.17, 15) is 9.90 Å². The summed E-state index contributed by atoms with van der Waals surface area (Å²) in [7, 11) is 1.51. The van der Waals surface area contributed by atoms with Crippen LogP contribution in [-0.2, 0) is 0 Å². The molecule has 4 rings (SSSR count).